The van der Waals surface area contributed by atoms with Crippen molar-refractivity contribution in [2.45, 2.75) is 32.7 Å². The van der Waals surface area contributed by atoms with Crippen LogP contribution in [0, 0.1) is 0 Å². The molecule has 1 heterocycles. The van der Waals surface area contributed by atoms with Crippen molar-refractivity contribution in [1.29, 1.82) is 0 Å². The van der Waals surface area contributed by atoms with Crippen LogP contribution in [0.25, 0.3) is 0 Å². The lowest BCUT2D eigenvalue weighted by atomic mass is 10.2. The van der Waals surface area contributed by atoms with Crippen molar-refractivity contribution >= 4 is 5.97 Å². The van der Waals surface area contributed by atoms with E-state index in [0.717, 1.165) is 32.6 Å². The highest BCUT2D eigenvalue weighted by molar-refractivity contribution is 5.81. The third-order valence-electron chi connectivity index (χ3n) is 3.38. The van der Waals surface area contributed by atoms with Crippen LogP contribution in [0.4, 0.5) is 0 Å². The van der Waals surface area contributed by atoms with E-state index in [2.05, 4.69) is 23.8 Å². The van der Waals surface area contributed by atoms with E-state index in [4.69, 9.17) is 4.74 Å². The normalized spacial score (nSPS) is 23.2. The SMILES string of the molecule is CCOC(=O)/C=C/CN1CCCN(C)CC1CC. The number of likely N-dealkylation sites (N-methyl/N-ethyl adjacent to an activating group) is 1. The van der Waals surface area contributed by atoms with Gasteiger partial charge in [-0.15, -0.1) is 0 Å². The highest BCUT2D eigenvalue weighted by Gasteiger charge is 2.20. The molecule has 4 heteroatoms. The predicted octanol–water partition coefficient (Wildman–Crippen LogP) is 1.52. The molecule has 1 saturated heterocycles. The number of rotatable bonds is 5. The van der Waals surface area contributed by atoms with Gasteiger partial charge in [-0.2, -0.15) is 0 Å². The van der Waals surface area contributed by atoms with E-state index in [-0.39, 0.29) is 5.97 Å². The number of hydrogen-bond donors (Lipinski definition) is 0. The minimum Gasteiger partial charge on any atom is -0.463 e. The summed E-state index contributed by atoms with van der Waals surface area (Å²) in [6.45, 7) is 8.71. The number of esters is 1. The van der Waals surface area contributed by atoms with Crippen molar-refractivity contribution in [2.75, 3.05) is 39.8 Å². The third kappa shape index (κ3) is 5.19. The zero-order valence-corrected chi connectivity index (χ0v) is 11.9. The molecule has 1 rings (SSSR count). The van der Waals surface area contributed by atoms with Gasteiger partial charge in [-0.25, -0.2) is 4.79 Å². The van der Waals surface area contributed by atoms with Crippen LogP contribution in [0.5, 0.6) is 0 Å². The molecule has 104 valence electrons. The Morgan fingerprint density at radius 3 is 2.83 bits per heavy atom. The summed E-state index contributed by atoms with van der Waals surface area (Å²) in [5.74, 6) is -0.238. The molecule has 0 saturated carbocycles. The largest absolute Gasteiger partial charge is 0.463 e. The van der Waals surface area contributed by atoms with Gasteiger partial charge in [0.1, 0.15) is 0 Å². The van der Waals surface area contributed by atoms with Crippen LogP contribution in [-0.4, -0.2) is 61.6 Å². The molecular formula is C14H26N2O2. The average molecular weight is 254 g/mol. The highest BCUT2D eigenvalue weighted by atomic mass is 16.5. The summed E-state index contributed by atoms with van der Waals surface area (Å²) < 4.78 is 4.87. The maximum absolute atomic E-state index is 11.2. The molecule has 1 atom stereocenters. The third-order valence-corrected chi connectivity index (χ3v) is 3.38. The van der Waals surface area contributed by atoms with Crippen LogP contribution in [0.1, 0.15) is 26.7 Å². The van der Waals surface area contributed by atoms with Gasteiger partial charge >= 0.3 is 5.97 Å². The van der Waals surface area contributed by atoms with Crippen LogP contribution in [0.2, 0.25) is 0 Å². The summed E-state index contributed by atoms with van der Waals surface area (Å²) in [7, 11) is 2.18. The maximum Gasteiger partial charge on any atom is 0.330 e. The summed E-state index contributed by atoms with van der Waals surface area (Å²) in [4.78, 5) is 16.1. The first-order chi connectivity index (χ1) is 8.67. The van der Waals surface area contributed by atoms with Gasteiger partial charge in [0.2, 0.25) is 0 Å². The predicted molar refractivity (Wildman–Crippen MR) is 73.5 cm³/mol. The molecule has 18 heavy (non-hydrogen) atoms. The molecule has 0 aromatic carbocycles. The van der Waals surface area contributed by atoms with Gasteiger partial charge in [-0.1, -0.05) is 13.0 Å². The summed E-state index contributed by atoms with van der Waals surface area (Å²) in [6.07, 6.45) is 5.81. The molecule has 0 N–H and O–H groups in total. The summed E-state index contributed by atoms with van der Waals surface area (Å²) in [5.41, 5.74) is 0. The Bertz CT molecular complexity index is 279. The second-order valence-corrected chi connectivity index (χ2v) is 4.83. The average Bonchev–Trinajstić information content (AvgIpc) is 2.51. The lowest BCUT2D eigenvalue weighted by Gasteiger charge is -2.28. The highest BCUT2D eigenvalue weighted by Crippen LogP contribution is 2.11. The van der Waals surface area contributed by atoms with Crippen LogP contribution < -0.4 is 0 Å². The molecule has 4 nitrogen and oxygen atoms in total. The fourth-order valence-corrected chi connectivity index (χ4v) is 2.40. The van der Waals surface area contributed by atoms with Crippen LogP contribution in [-0.2, 0) is 9.53 Å². The minimum atomic E-state index is -0.238. The summed E-state index contributed by atoms with van der Waals surface area (Å²) in [6, 6.07) is 0.587. The van der Waals surface area contributed by atoms with Gasteiger partial charge in [0.25, 0.3) is 0 Å². The number of ether oxygens (including phenoxy) is 1. The Morgan fingerprint density at radius 1 is 1.39 bits per heavy atom. The smallest absolute Gasteiger partial charge is 0.330 e. The van der Waals surface area contributed by atoms with Crippen LogP contribution in [0.15, 0.2) is 12.2 Å². The molecule has 1 aliphatic rings. The Kier molecular flexibility index (Phi) is 6.98. The molecule has 0 amide bonds. The quantitative estimate of drug-likeness (QED) is 0.550. The van der Waals surface area contributed by atoms with Gasteiger partial charge in [0, 0.05) is 31.8 Å². The van der Waals surface area contributed by atoms with E-state index < -0.39 is 0 Å². The molecule has 1 fully saturated rings. The van der Waals surface area contributed by atoms with Crippen LogP contribution in [0.3, 0.4) is 0 Å². The van der Waals surface area contributed by atoms with Crippen molar-refractivity contribution in [1.82, 2.24) is 9.80 Å². The molecular weight excluding hydrogens is 228 g/mol. The van der Waals surface area contributed by atoms with Crippen molar-refractivity contribution in [3.63, 3.8) is 0 Å². The molecule has 0 bridgehead atoms. The van der Waals surface area contributed by atoms with E-state index in [1.165, 1.54) is 6.42 Å². The molecule has 0 aromatic heterocycles. The first-order valence-corrected chi connectivity index (χ1v) is 6.93. The zero-order chi connectivity index (χ0) is 13.4. The lowest BCUT2D eigenvalue weighted by Crippen LogP contribution is -2.39. The van der Waals surface area contributed by atoms with Crippen molar-refractivity contribution in [3.05, 3.63) is 12.2 Å². The van der Waals surface area contributed by atoms with Gasteiger partial charge in [0.05, 0.1) is 6.61 Å². The van der Waals surface area contributed by atoms with Gasteiger partial charge in [-0.05, 0) is 33.4 Å². The van der Waals surface area contributed by atoms with E-state index in [9.17, 15) is 4.79 Å². The molecule has 1 unspecified atom stereocenters. The van der Waals surface area contributed by atoms with E-state index in [1.807, 2.05) is 13.0 Å². The summed E-state index contributed by atoms with van der Waals surface area (Å²) in [5, 5.41) is 0. The van der Waals surface area contributed by atoms with Crippen LogP contribution >= 0.6 is 0 Å². The van der Waals surface area contributed by atoms with E-state index in [1.54, 1.807) is 6.08 Å². The topological polar surface area (TPSA) is 32.8 Å². The Hall–Kier alpha value is -0.870. The van der Waals surface area contributed by atoms with Crippen molar-refractivity contribution < 1.29 is 9.53 Å². The lowest BCUT2D eigenvalue weighted by molar-refractivity contribution is -0.137. The number of hydrogen-bond acceptors (Lipinski definition) is 4. The minimum absolute atomic E-state index is 0.238. The molecule has 0 aromatic rings. The zero-order valence-electron chi connectivity index (χ0n) is 11.9. The van der Waals surface area contributed by atoms with Crippen molar-refractivity contribution in [2.24, 2.45) is 0 Å². The standard InChI is InChI=1S/C14H26N2O2/c1-4-13-12-15(3)9-7-11-16(13)10-6-8-14(17)18-5-2/h6,8,13H,4-5,7,9-12H2,1-3H3/b8-6+. The monoisotopic (exact) mass is 254 g/mol. The summed E-state index contributed by atoms with van der Waals surface area (Å²) >= 11 is 0. The van der Waals surface area contributed by atoms with Gasteiger partial charge in [0.15, 0.2) is 0 Å². The Labute approximate surface area is 111 Å². The maximum atomic E-state index is 11.2. The number of carbonyl (C=O) groups is 1. The first-order valence-electron chi connectivity index (χ1n) is 6.93. The second-order valence-electron chi connectivity index (χ2n) is 4.83. The molecule has 1 aliphatic heterocycles. The fraction of sp³-hybridized carbons (Fsp3) is 0.786. The number of nitrogens with zero attached hydrogens (tertiary/aromatic N) is 2. The van der Waals surface area contributed by atoms with E-state index in [0.29, 0.717) is 12.6 Å². The molecule has 0 spiro atoms. The van der Waals surface area contributed by atoms with E-state index >= 15 is 0 Å². The number of carbonyl (C=O) groups excluding carboxylic acids is 1. The Balaban J connectivity index is 2.45. The molecule has 0 aliphatic carbocycles. The Morgan fingerprint density at radius 2 is 2.17 bits per heavy atom. The van der Waals surface area contributed by atoms with Gasteiger partial charge < -0.3 is 9.64 Å². The molecule has 0 radical (unpaired) electrons. The fourth-order valence-electron chi connectivity index (χ4n) is 2.40. The van der Waals surface area contributed by atoms with Crippen molar-refractivity contribution in [3.8, 4) is 0 Å². The van der Waals surface area contributed by atoms with Gasteiger partial charge in [-0.3, -0.25) is 4.90 Å². The second kappa shape index (κ2) is 8.27. The first kappa shape index (κ1) is 15.2.